The van der Waals surface area contributed by atoms with Crippen molar-refractivity contribution in [2.75, 3.05) is 0 Å². The minimum atomic E-state index is -0.460. The van der Waals surface area contributed by atoms with Crippen molar-refractivity contribution in [1.29, 1.82) is 0 Å². The van der Waals surface area contributed by atoms with Gasteiger partial charge >= 0.3 is 0 Å². The average molecular weight is 517 g/mol. The summed E-state index contributed by atoms with van der Waals surface area (Å²) < 4.78 is 13.5. The molecule has 0 amide bonds. The van der Waals surface area contributed by atoms with E-state index in [0.717, 1.165) is 16.7 Å². The van der Waals surface area contributed by atoms with Crippen molar-refractivity contribution in [2.45, 2.75) is 54.7 Å². The third-order valence-corrected chi connectivity index (χ3v) is 6.57. The van der Waals surface area contributed by atoms with Crippen LogP contribution in [-0.4, -0.2) is 28.0 Å². The Kier molecular flexibility index (Phi) is 6.88. The van der Waals surface area contributed by atoms with Crippen LogP contribution in [0, 0.1) is 0 Å². The zero-order valence-electron chi connectivity index (χ0n) is 12.4. The summed E-state index contributed by atoms with van der Waals surface area (Å²) in [6, 6.07) is 0. The number of allylic oxidation sites excluding steroid dienone is 3. The van der Waals surface area contributed by atoms with Crippen molar-refractivity contribution < 1.29 is 9.47 Å². The molecule has 5 unspecified atom stereocenters. The maximum absolute atomic E-state index is 6.41. The van der Waals surface area contributed by atoms with Gasteiger partial charge in [0, 0.05) is 15.9 Å². The maximum Gasteiger partial charge on any atom is 0.144 e. The van der Waals surface area contributed by atoms with E-state index < -0.39 is 5.60 Å². The number of alkyl halides is 2. The van der Waals surface area contributed by atoms with Crippen molar-refractivity contribution in [3.05, 3.63) is 39.2 Å². The summed E-state index contributed by atoms with van der Waals surface area (Å²) in [5.74, 6) is 0.910. The molecule has 6 heteroatoms. The van der Waals surface area contributed by atoms with Crippen LogP contribution in [0.2, 0.25) is 0 Å². The Bertz CT molecular complexity index is 540. The van der Waals surface area contributed by atoms with E-state index in [1.807, 2.05) is 25.2 Å². The summed E-state index contributed by atoms with van der Waals surface area (Å²) in [4.78, 5) is 1.83. The molecule has 0 aromatic heterocycles. The molecule has 2 rings (SSSR count). The van der Waals surface area contributed by atoms with Crippen LogP contribution < -0.4 is 0 Å². The molecule has 0 spiro atoms. The van der Waals surface area contributed by atoms with E-state index in [4.69, 9.17) is 21.1 Å². The van der Waals surface area contributed by atoms with E-state index in [9.17, 15) is 0 Å². The maximum atomic E-state index is 6.41. The Balaban J connectivity index is 2.39. The first-order valence-corrected chi connectivity index (χ1v) is 10.1. The van der Waals surface area contributed by atoms with Crippen LogP contribution in [0.15, 0.2) is 39.2 Å². The molecule has 5 atom stereocenters. The minimum Gasteiger partial charge on any atom is -0.487 e. The van der Waals surface area contributed by atoms with Crippen LogP contribution in [0.5, 0.6) is 0 Å². The summed E-state index contributed by atoms with van der Waals surface area (Å²) >= 11 is 17.0. The van der Waals surface area contributed by atoms with Crippen LogP contribution in [0.3, 0.4) is 0 Å². The van der Waals surface area contributed by atoms with Crippen molar-refractivity contribution in [3.8, 4) is 0 Å². The lowest BCUT2D eigenvalue weighted by Gasteiger charge is -2.44. The smallest absolute Gasteiger partial charge is 0.144 e. The second-order valence-electron chi connectivity index (χ2n) is 5.58. The molecule has 0 aromatic rings. The lowest BCUT2D eigenvalue weighted by atomic mass is 9.90. The Labute approximate surface area is 162 Å². The zero-order chi connectivity index (χ0) is 16.3. The Morgan fingerprint density at radius 2 is 2.14 bits per heavy atom. The predicted octanol–water partition coefficient (Wildman–Crippen LogP) is 5.94. The molecule has 2 heterocycles. The van der Waals surface area contributed by atoms with E-state index in [2.05, 4.69) is 60.4 Å². The van der Waals surface area contributed by atoms with Crippen molar-refractivity contribution in [2.24, 2.45) is 0 Å². The molecule has 22 heavy (non-hydrogen) atoms. The number of halogens is 4. The lowest BCUT2D eigenvalue weighted by Crippen LogP contribution is -2.52. The quantitative estimate of drug-likeness (QED) is 0.244. The molecule has 2 bridgehead atoms. The summed E-state index contributed by atoms with van der Waals surface area (Å²) in [6.45, 7) is 4.11. The third kappa shape index (κ3) is 4.31. The van der Waals surface area contributed by atoms with Crippen LogP contribution >= 0.6 is 59.4 Å². The van der Waals surface area contributed by atoms with E-state index in [-0.39, 0.29) is 22.4 Å². The highest BCUT2D eigenvalue weighted by Crippen LogP contribution is 2.43. The highest BCUT2D eigenvalue weighted by Gasteiger charge is 2.46. The molecule has 122 valence electrons. The van der Waals surface area contributed by atoms with Gasteiger partial charge in [-0.05, 0) is 26.3 Å². The van der Waals surface area contributed by atoms with Crippen molar-refractivity contribution in [1.82, 2.24) is 0 Å². The first-order chi connectivity index (χ1) is 10.4. The van der Waals surface area contributed by atoms with Crippen molar-refractivity contribution in [3.63, 3.8) is 0 Å². The van der Waals surface area contributed by atoms with Gasteiger partial charge in [-0.3, -0.25) is 0 Å². The normalized spacial score (nSPS) is 38.8. The Hall–Kier alpha value is 0.490. The van der Waals surface area contributed by atoms with Crippen LogP contribution in [-0.2, 0) is 9.47 Å². The number of hydrogen-bond donors (Lipinski definition) is 0. The van der Waals surface area contributed by atoms with E-state index in [1.165, 1.54) is 0 Å². The SMILES string of the molecule is CC1OC(C=C=CBr)C=CC(Cl)CC2=C(Br)CC(Br)C1(C)O2. The number of hydrogen-bond acceptors (Lipinski definition) is 2. The van der Waals surface area contributed by atoms with Gasteiger partial charge in [-0.1, -0.05) is 59.9 Å². The standard InChI is InChI=1S/C16H18Br3ClO2/c1-10-16(2)15(19)9-13(18)14(22-16)8-11(20)5-6-12(21-10)4-3-7-17/h4-7,10-12,15H,8-9H2,1-2H3. The number of ether oxygens (including phenoxy) is 2. The summed E-state index contributed by atoms with van der Waals surface area (Å²) in [7, 11) is 0. The second kappa shape index (κ2) is 8.04. The monoisotopic (exact) mass is 514 g/mol. The van der Waals surface area contributed by atoms with E-state index in [0.29, 0.717) is 6.42 Å². The van der Waals surface area contributed by atoms with Crippen LogP contribution in [0.4, 0.5) is 0 Å². The summed E-state index contributed by atoms with van der Waals surface area (Å²) in [5.41, 5.74) is 2.54. The Morgan fingerprint density at radius 3 is 2.82 bits per heavy atom. The molecule has 2 aliphatic heterocycles. The zero-order valence-corrected chi connectivity index (χ0v) is 17.9. The van der Waals surface area contributed by atoms with Crippen LogP contribution in [0.25, 0.3) is 0 Å². The molecule has 0 radical (unpaired) electrons. The molecule has 0 aromatic carbocycles. The molecule has 2 aliphatic rings. The first-order valence-electron chi connectivity index (χ1n) is 7.06. The van der Waals surface area contributed by atoms with E-state index in [1.54, 1.807) is 4.99 Å². The number of fused-ring (bicyclic) bond motifs is 2. The fourth-order valence-electron chi connectivity index (χ4n) is 2.47. The second-order valence-corrected chi connectivity index (χ2v) is 8.66. The third-order valence-electron chi connectivity index (χ3n) is 4.01. The largest absolute Gasteiger partial charge is 0.487 e. The van der Waals surface area contributed by atoms with Gasteiger partial charge in [0.1, 0.15) is 17.5 Å². The summed E-state index contributed by atoms with van der Waals surface area (Å²) in [6.07, 6.45) is 6.99. The molecular formula is C16H18Br3ClO2. The van der Waals surface area contributed by atoms with E-state index >= 15 is 0 Å². The van der Waals surface area contributed by atoms with Crippen LogP contribution in [0.1, 0.15) is 26.7 Å². The predicted molar refractivity (Wildman–Crippen MR) is 102 cm³/mol. The topological polar surface area (TPSA) is 18.5 Å². The first kappa shape index (κ1) is 18.8. The average Bonchev–Trinajstić information content (AvgIpc) is 2.46. The highest BCUT2D eigenvalue weighted by molar-refractivity contribution is 9.12. The molecule has 0 saturated heterocycles. The van der Waals surface area contributed by atoms with Gasteiger partial charge < -0.3 is 9.47 Å². The van der Waals surface area contributed by atoms with Gasteiger partial charge in [0.05, 0.1) is 16.3 Å². The van der Waals surface area contributed by atoms with Gasteiger partial charge in [0.2, 0.25) is 0 Å². The van der Waals surface area contributed by atoms with Gasteiger partial charge in [0.15, 0.2) is 0 Å². The molecule has 0 N–H and O–H groups in total. The van der Waals surface area contributed by atoms with Gasteiger partial charge in [0.25, 0.3) is 0 Å². The molecule has 0 fully saturated rings. The van der Waals surface area contributed by atoms with Gasteiger partial charge in [-0.25, -0.2) is 0 Å². The van der Waals surface area contributed by atoms with Gasteiger partial charge in [-0.15, -0.1) is 17.3 Å². The fraction of sp³-hybridized carbons (Fsp3) is 0.562. The molecule has 0 saturated carbocycles. The molecule has 0 aliphatic carbocycles. The number of rotatable bonds is 1. The fourth-order valence-corrected chi connectivity index (χ4v) is 4.63. The highest BCUT2D eigenvalue weighted by atomic mass is 79.9. The van der Waals surface area contributed by atoms with Gasteiger partial charge in [-0.2, -0.15) is 0 Å². The minimum absolute atomic E-state index is 0.109. The molecule has 2 nitrogen and oxygen atoms in total. The van der Waals surface area contributed by atoms with Crippen molar-refractivity contribution >= 4 is 59.4 Å². The molecular weight excluding hydrogens is 499 g/mol. The lowest BCUT2D eigenvalue weighted by molar-refractivity contribution is -0.119. The Morgan fingerprint density at radius 1 is 1.41 bits per heavy atom. The summed E-state index contributed by atoms with van der Waals surface area (Å²) in [5, 5.41) is -0.139.